The summed E-state index contributed by atoms with van der Waals surface area (Å²) in [5, 5.41) is 0. The van der Waals surface area contributed by atoms with Gasteiger partial charge in [-0.1, -0.05) is 25.3 Å². The normalized spacial score (nSPS) is 17.4. The SMILES string of the molecule is O=C(c1cccc(S(=O)(=O)Cl)c1)N1CCCCCCC1. The van der Waals surface area contributed by atoms with Gasteiger partial charge in [0.15, 0.2) is 0 Å². The minimum absolute atomic E-state index is 0.0305. The molecule has 1 heterocycles. The van der Waals surface area contributed by atoms with Gasteiger partial charge in [0.2, 0.25) is 0 Å². The second-order valence-electron chi connectivity index (χ2n) is 5.03. The van der Waals surface area contributed by atoms with Crippen molar-refractivity contribution in [2.45, 2.75) is 37.0 Å². The van der Waals surface area contributed by atoms with Gasteiger partial charge in [0.1, 0.15) is 0 Å². The summed E-state index contributed by atoms with van der Waals surface area (Å²) in [7, 11) is 1.51. The minimum atomic E-state index is -3.80. The number of rotatable bonds is 2. The van der Waals surface area contributed by atoms with E-state index < -0.39 is 9.05 Å². The predicted octanol–water partition coefficient (Wildman–Crippen LogP) is 3.02. The van der Waals surface area contributed by atoms with Crippen molar-refractivity contribution in [1.82, 2.24) is 4.90 Å². The first-order valence-electron chi connectivity index (χ1n) is 6.82. The van der Waals surface area contributed by atoms with Crippen LogP contribution in [0.2, 0.25) is 0 Å². The summed E-state index contributed by atoms with van der Waals surface area (Å²) >= 11 is 0. The average molecular weight is 316 g/mol. The molecule has 1 aromatic rings. The van der Waals surface area contributed by atoms with Crippen LogP contribution in [0, 0.1) is 0 Å². The number of likely N-dealkylation sites (tertiary alicyclic amines) is 1. The Morgan fingerprint density at radius 1 is 1.05 bits per heavy atom. The van der Waals surface area contributed by atoms with Gasteiger partial charge >= 0.3 is 0 Å². The summed E-state index contributed by atoms with van der Waals surface area (Å²) in [5.74, 6) is -0.117. The molecule has 1 aliphatic rings. The zero-order valence-corrected chi connectivity index (χ0v) is 12.8. The molecule has 2 rings (SSSR count). The maximum absolute atomic E-state index is 12.4. The average Bonchev–Trinajstić information content (AvgIpc) is 2.37. The molecule has 110 valence electrons. The molecule has 1 amide bonds. The second kappa shape index (κ2) is 6.59. The third kappa shape index (κ3) is 3.96. The van der Waals surface area contributed by atoms with Crippen LogP contribution in [0.15, 0.2) is 29.2 Å². The molecule has 0 saturated carbocycles. The third-order valence-corrected chi connectivity index (χ3v) is 4.86. The van der Waals surface area contributed by atoms with Crippen LogP contribution in [-0.4, -0.2) is 32.3 Å². The van der Waals surface area contributed by atoms with E-state index in [-0.39, 0.29) is 10.8 Å². The van der Waals surface area contributed by atoms with Crippen molar-refractivity contribution in [2.24, 2.45) is 0 Å². The molecule has 1 aliphatic heterocycles. The highest BCUT2D eigenvalue weighted by Gasteiger charge is 2.19. The van der Waals surface area contributed by atoms with Crippen LogP contribution in [0.3, 0.4) is 0 Å². The summed E-state index contributed by atoms with van der Waals surface area (Å²) in [4.78, 5) is 14.2. The van der Waals surface area contributed by atoms with Crippen LogP contribution >= 0.6 is 10.7 Å². The standard InChI is InChI=1S/C14H18ClNO3S/c15-20(18,19)13-8-6-7-12(11-13)14(17)16-9-4-2-1-3-5-10-16/h6-8,11H,1-5,9-10H2. The summed E-state index contributed by atoms with van der Waals surface area (Å²) in [6, 6.07) is 5.93. The van der Waals surface area contributed by atoms with Gasteiger partial charge < -0.3 is 4.90 Å². The lowest BCUT2D eigenvalue weighted by atomic mass is 10.1. The Morgan fingerprint density at radius 2 is 1.65 bits per heavy atom. The summed E-state index contributed by atoms with van der Waals surface area (Å²) in [6.45, 7) is 1.47. The number of hydrogen-bond donors (Lipinski definition) is 0. The van der Waals surface area contributed by atoms with E-state index in [4.69, 9.17) is 10.7 Å². The molecular weight excluding hydrogens is 298 g/mol. The van der Waals surface area contributed by atoms with E-state index in [0.29, 0.717) is 5.56 Å². The number of halogens is 1. The molecular formula is C14H18ClNO3S. The molecule has 0 atom stereocenters. The second-order valence-corrected chi connectivity index (χ2v) is 7.59. The van der Waals surface area contributed by atoms with Gasteiger partial charge in [-0.15, -0.1) is 0 Å². The van der Waals surface area contributed by atoms with Crippen molar-refractivity contribution in [1.29, 1.82) is 0 Å². The van der Waals surface area contributed by atoms with Gasteiger partial charge in [0.05, 0.1) is 4.90 Å². The van der Waals surface area contributed by atoms with Crippen molar-refractivity contribution >= 4 is 25.6 Å². The van der Waals surface area contributed by atoms with E-state index in [1.807, 2.05) is 0 Å². The highest BCUT2D eigenvalue weighted by atomic mass is 35.7. The van der Waals surface area contributed by atoms with Gasteiger partial charge in [0.25, 0.3) is 15.0 Å². The topological polar surface area (TPSA) is 54.5 Å². The molecule has 4 nitrogen and oxygen atoms in total. The number of nitrogens with zero attached hydrogens (tertiary/aromatic N) is 1. The van der Waals surface area contributed by atoms with Gasteiger partial charge in [-0.2, -0.15) is 0 Å². The predicted molar refractivity (Wildman–Crippen MR) is 78.5 cm³/mol. The fraction of sp³-hybridized carbons (Fsp3) is 0.500. The zero-order chi connectivity index (χ0) is 14.6. The molecule has 0 unspecified atom stereocenters. The third-order valence-electron chi connectivity index (χ3n) is 3.51. The Bertz CT molecular complexity index is 578. The molecule has 0 spiro atoms. The van der Waals surface area contributed by atoms with E-state index in [2.05, 4.69) is 0 Å². The molecule has 0 N–H and O–H groups in total. The molecule has 1 saturated heterocycles. The van der Waals surface area contributed by atoms with Gasteiger partial charge in [-0.25, -0.2) is 8.42 Å². The van der Waals surface area contributed by atoms with Crippen LogP contribution in [0.5, 0.6) is 0 Å². The minimum Gasteiger partial charge on any atom is -0.339 e. The zero-order valence-electron chi connectivity index (χ0n) is 11.2. The highest BCUT2D eigenvalue weighted by molar-refractivity contribution is 8.13. The molecule has 0 bridgehead atoms. The molecule has 0 radical (unpaired) electrons. The molecule has 1 aromatic carbocycles. The van der Waals surface area contributed by atoms with Gasteiger partial charge in [-0.05, 0) is 31.0 Å². The van der Waals surface area contributed by atoms with E-state index in [1.54, 1.807) is 17.0 Å². The first kappa shape index (κ1) is 15.3. The number of benzene rings is 1. The maximum atomic E-state index is 12.4. The Kier molecular flexibility index (Phi) is 5.05. The van der Waals surface area contributed by atoms with E-state index >= 15 is 0 Å². The molecule has 1 fully saturated rings. The highest BCUT2D eigenvalue weighted by Crippen LogP contribution is 2.18. The van der Waals surface area contributed by atoms with Crippen molar-refractivity contribution < 1.29 is 13.2 Å². The lowest BCUT2D eigenvalue weighted by Crippen LogP contribution is -2.33. The maximum Gasteiger partial charge on any atom is 0.261 e. The Morgan fingerprint density at radius 3 is 2.25 bits per heavy atom. The molecule has 0 aliphatic carbocycles. The smallest absolute Gasteiger partial charge is 0.261 e. The van der Waals surface area contributed by atoms with Crippen molar-refractivity contribution in [3.8, 4) is 0 Å². The Hall–Kier alpha value is -1.07. The quantitative estimate of drug-likeness (QED) is 0.788. The van der Waals surface area contributed by atoms with Crippen LogP contribution in [0.25, 0.3) is 0 Å². The van der Waals surface area contributed by atoms with Crippen LogP contribution in [-0.2, 0) is 9.05 Å². The van der Waals surface area contributed by atoms with Crippen LogP contribution in [0.4, 0.5) is 0 Å². The van der Waals surface area contributed by atoms with Crippen molar-refractivity contribution in [3.63, 3.8) is 0 Å². The summed E-state index contributed by atoms with van der Waals surface area (Å²) in [6.07, 6.45) is 5.50. The first-order chi connectivity index (χ1) is 9.48. The number of amides is 1. The lowest BCUT2D eigenvalue weighted by molar-refractivity contribution is 0.0742. The summed E-state index contributed by atoms with van der Waals surface area (Å²) in [5.41, 5.74) is 0.382. The summed E-state index contributed by atoms with van der Waals surface area (Å²) < 4.78 is 22.6. The molecule has 6 heteroatoms. The van der Waals surface area contributed by atoms with Crippen LogP contribution < -0.4 is 0 Å². The van der Waals surface area contributed by atoms with Crippen LogP contribution in [0.1, 0.15) is 42.5 Å². The Balaban J connectivity index is 2.19. The molecule has 20 heavy (non-hydrogen) atoms. The first-order valence-corrected chi connectivity index (χ1v) is 9.13. The Labute approximate surface area is 124 Å². The lowest BCUT2D eigenvalue weighted by Gasteiger charge is -2.25. The van der Waals surface area contributed by atoms with E-state index in [1.165, 1.54) is 18.6 Å². The number of hydrogen-bond acceptors (Lipinski definition) is 3. The van der Waals surface area contributed by atoms with Crippen molar-refractivity contribution in [3.05, 3.63) is 29.8 Å². The molecule has 0 aromatic heterocycles. The number of carbonyl (C=O) groups is 1. The number of carbonyl (C=O) groups excluding carboxylic acids is 1. The van der Waals surface area contributed by atoms with E-state index in [9.17, 15) is 13.2 Å². The fourth-order valence-electron chi connectivity index (χ4n) is 2.41. The van der Waals surface area contributed by atoms with Gasteiger partial charge in [0, 0.05) is 29.3 Å². The van der Waals surface area contributed by atoms with Gasteiger partial charge in [-0.3, -0.25) is 4.79 Å². The van der Waals surface area contributed by atoms with Crippen molar-refractivity contribution in [2.75, 3.05) is 13.1 Å². The monoisotopic (exact) mass is 315 g/mol. The largest absolute Gasteiger partial charge is 0.339 e. The fourth-order valence-corrected chi connectivity index (χ4v) is 3.21. The van der Waals surface area contributed by atoms with E-state index in [0.717, 1.165) is 38.8 Å².